The van der Waals surface area contributed by atoms with Crippen molar-refractivity contribution in [2.24, 2.45) is 0 Å². The molecule has 0 fully saturated rings. The van der Waals surface area contributed by atoms with E-state index in [1.807, 2.05) is 20.8 Å². The van der Waals surface area contributed by atoms with Crippen LogP contribution in [0.15, 0.2) is 18.2 Å². The van der Waals surface area contributed by atoms with E-state index in [2.05, 4.69) is 0 Å². The molecule has 0 aromatic heterocycles. The van der Waals surface area contributed by atoms with E-state index in [1.54, 1.807) is 19.1 Å². The van der Waals surface area contributed by atoms with Crippen molar-refractivity contribution in [1.29, 1.82) is 0 Å². The first-order valence-corrected chi connectivity index (χ1v) is 10.6. The Labute approximate surface area is 180 Å². The molecule has 4 nitrogen and oxygen atoms in total. The van der Waals surface area contributed by atoms with Crippen LogP contribution in [0.5, 0.6) is 11.5 Å². The molecule has 2 aromatic rings. The highest BCUT2D eigenvalue weighted by molar-refractivity contribution is 5.90. The zero-order valence-corrected chi connectivity index (χ0v) is 18.2. The van der Waals surface area contributed by atoms with E-state index >= 15 is 4.39 Å². The van der Waals surface area contributed by atoms with Gasteiger partial charge in [0.1, 0.15) is 6.10 Å². The Hall–Kier alpha value is -2.54. The molecule has 31 heavy (non-hydrogen) atoms. The van der Waals surface area contributed by atoms with Crippen molar-refractivity contribution in [3.8, 4) is 11.5 Å². The quantitative estimate of drug-likeness (QED) is 0.400. The molecule has 0 N–H and O–H groups in total. The van der Waals surface area contributed by atoms with Gasteiger partial charge >= 0.3 is 5.97 Å². The van der Waals surface area contributed by atoms with E-state index in [0.29, 0.717) is 24.0 Å². The van der Waals surface area contributed by atoms with Gasteiger partial charge < -0.3 is 14.2 Å². The summed E-state index contributed by atoms with van der Waals surface area (Å²) in [5.41, 5.74) is 0.824. The number of esters is 1. The highest BCUT2D eigenvalue weighted by Crippen LogP contribution is 2.42. The van der Waals surface area contributed by atoms with Crippen molar-refractivity contribution in [2.45, 2.75) is 65.6 Å². The molecule has 1 aliphatic heterocycles. The maximum atomic E-state index is 15.1. The Bertz CT molecular complexity index is 974. The van der Waals surface area contributed by atoms with Crippen molar-refractivity contribution in [2.75, 3.05) is 6.61 Å². The first-order chi connectivity index (χ1) is 14.8. The van der Waals surface area contributed by atoms with Crippen molar-refractivity contribution in [3.05, 3.63) is 57.9 Å². The lowest BCUT2D eigenvalue weighted by Gasteiger charge is -2.23. The fraction of sp³-hybridized carbons (Fsp3) is 0.458. The number of carbonyl (C=O) groups is 1. The summed E-state index contributed by atoms with van der Waals surface area (Å²) in [5, 5.41) is 0. The first-order valence-electron chi connectivity index (χ1n) is 10.6. The number of fused-ring (bicyclic) bond motifs is 2. The molecule has 1 aliphatic rings. The maximum absolute atomic E-state index is 15.1. The number of aryl methyl sites for hydroxylation is 1. The maximum Gasteiger partial charge on any atom is 0.341 e. The van der Waals surface area contributed by atoms with E-state index in [-0.39, 0.29) is 41.8 Å². The van der Waals surface area contributed by atoms with Gasteiger partial charge in [-0.1, -0.05) is 26.3 Å². The smallest absolute Gasteiger partial charge is 0.341 e. The summed E-state index contributed by atoms with van der Waals surface area (Å²) in [6.45, 7) is 7.58. The van der Waals surface area contributed by atoms with E-state index in [9.17, 15) is 13.6 Å². The van der Waals surface area contributed by atoms with Gasteiger partial charge in [-0.2, -0.15) is 4.39 Å². The predicted molar refractivity (Wildman–Crippen MR) is 110 cm³/mol. The highest BCUT2D eigenvalue weighted by Gasteiger charge is 2.30. The monoisotopic (exact) mass is 436 g/mol. The molecule has 2 atom stereocenters. The zero-order valence-electron chi connectivity index (χ0n) is 18.2. The van der Waals surface area contributed by atoms with Gasteiger partial charge in [-0.15, -0.1) is 0 Å². The van der Waals surface area contributed by atoms with Gasteiger partial charge in [0.2, 0.25) is 5.82 Å². The summed E-state index contributed by atoms with van der Waals surface area (Å²) in [4.78, 5) is 12.5. The van der Waals surface area contributed by atoms with Crippen LogP contribution in [0.25, 0.3) is 0 Å². The average molecular weight is 436 g/mol. The minimum absolute atomic E-state index is 0.0169. The Kier molecular flexibility index (Phi) is 7.26. The van der Waals surface area contributed by atoms with Gasteiger partial charge in [0.15, 0.2) is 23.1 Å². The van der Waals surface area contributed by atoms with Crippen molar-refractivity contribution in [3.63, 3.8) is 0 Å². The topological polar surface area (TPSA) is 44.8 Å². The number of rotatable bonds is 8. The van der Waals surface area contributed by atoms with Crippen LogP contribution in [-0.2, 0) is 22.3 Å². The van der Waals surface area contributed by atoms with E-state index < -0.39 is 29.5 Å². The minimum Gasteiger partial charge on any atom is -0.457 e. The van der Waals surface area contributed by atoms with Crippen LogP contribution in [0.1, 0.15) is 67.6 Å². The molecule has 0 saturated carbocycles. The molecule has 168 valence electrons. The number of hydrogen-bond acceptors (Lipinski definition) is 4. The molecule has 2 unspecified atom stereocenters. The minimum atomic E-state index is -1.14. The molecule has 0 spiro atoms. The average Bonchev–Trinajstić information content (AvgIpc) is 2.75. The molecule has 0 amide bonds. The number of carbonyl (C=O) groups excluding carboxylic acids is 1. The number of ether oxygens (including phenoxy) is 3. The van der Waals surface area contributed by atoms with Gasteiger partial charge in [-0.25, -0.2) is 13.6 Å². The lowest BCUT2D eigenvalue weighted by atomic mass is 9.95. The van der Waals surface area contributed by atoms with Gasteiger partial charge in [-0.3, -0.25) is 0 Å². The predicted octanol–water partition coefficient (Wildman–Crippen LogP) is 6.11. The Morgan fingerprint density at radius 2 is 1.74 bits per heavy atom. The summed E-state index contributed by atoms with van der Waals surface area (Å²) < 4.78 is 60.2. The third-order valence-corrected chi connectivity index (χ3v) is 5.32. The Morgan fingerprint density at radius 3 is 2.42 bits per heavy atom. The third kappa shape index (κ3) is 4.87. The van der Waals surface area contributed by atoms with Gasteiger partial charge in [0, 0.05) is 17.5 Å². The van der Waals surface area contributed by atoms with Crippen molar-refractivity contribution >= 4 is 5.97 Å². The molecule has 0 radical (unpaired) electrons. The second-order valence-electron chi connectivity index (χ2n) is 7.86. The first kappa shape index (κ1) is 23.1. The van der Waals surface area contributed by atoms with Crippen LogP contribution in [0.2, 0.25) is 0 Å². The summed E-state index contributed by atoms with van der Waals surface area (Å²) in [5.74, 6) is -4.60. The van der Waals surface area contributed by atoms with Crippen LogP contribution < -0.4 is 4.74 Å². The summed E-state index contributed by atoms with van der Waals surface area (Å²) in [6, 6.07) is 4.41. The van der Waals surface area contributed by atoms with Crippen LogP contribution in [0.4, 0.5) is 13.2 Å². The van der Waals surface area contributed by atoms with Gasteiger partial charge in [-0.05, 0) is 44.4 Å². The molecule has 7 heteroatoms. The number of halogens is 3. The lowest BCUT2D eigenvalue weighted by Crippen LogP contribution is -2.23. The normalized spacial score (nSPS) is 14.3. The summed E-state index contributed by atoms with van der Waals surface area (Å²) >= 11 is 0. The zero-order chi connectivity index (χ0) is 22.7. The molecular formula is C24H27F3O4. The van der Waals surface area contributed by atoms with Crippen molar-refractivity contribution in [1.82, 2.24) is 0 Å². The standard InChI is InChI=1S/C24H27F3O4/c1-5-7-15-10-17-11-16-8-9-18(24(28)30-14(4)12-29-13(3)6-2)20(26)22(16)31-23(17)21(27)19(15)25/h8-10,13-14H,5-7,11-12H2,1-4H3. The SMILES string of the molecule is CCCc1cc2c(c(F)c1F)Oc1c(ccc(C(=O)OC(C)COC(C)CC)c1F)C2. The van der Waals surface area contributed by atoms with Crippen LogP contribution in [0.3, 0.4) is 0 Å². The summed E-state index contributed by atoms with van der Waals surface area (Å²) in [7, 11) is 0. The van der Waals surface area contributed by atoms with E-state index in [4.69, 9.17) is 14.2 Å². The van der Waals surface area contributed by atoms with Crippen LogP contribution >= 0.6 is 0 Å². The Balaban J connectivity index is 1.82. The van der Waals surface area contributed by atoms with Crippen molar-refractivity contribution < 1.29 is 32.2 Å². The Morgan fingerprint density at radius 1 is 1.03 bits per heavy atom. The fourth-order valence-corrected chi connectivity index (χ4v) is 3.42. The highest BCUT2D eigenvalue weighted by atomic mass is 19.2. The molecular weight excluding hydrogens is 409 g/mol. The second-order valence-corrected chi connectivity index (χ2v) is 7.86. The fourth-order valence-electron chi connectivity index (χ4n) is 3.42. The molecule has 1 heterocycles. The number of benzene rings is 2. The van der Waals surface area contributed by atoms with E-state index in [0.717, 1.165) is 6.42 Å². The number of hydrogen-bond donors (Lipinski definition) is 0. The molecule has 0 saturated heterocycles. The molecule has 0 aliphatic carbocycles. The second kappa shape index (κ2) is 9.73. The third-order valence-electron chi connectivity index (χ3n) is 5.32. The van der Waals surface area contributed by atoms with E-state index in [1.165, 1.54) is 6.07 Å². The largest absolute Gasteiger partial charge is 0.457 e. The van der Waals surface area contributed by atoms with Crippen LogP contribution in [-0.4, -0.2) is 24.8 Å². The summed E-state index contributed by atoms with van der Waals surface area (Å²) in [6.07, 6.45) is 1.47. The molecule has 3 rings (SSSR count). The van der Waals surface area contributed by atoms with Gasteiger partial charge in [0.25, 0.3) is 0 Å². The molecule has 0 bridgehead atoms. The lowest BCUT2D eigenvalue weighted by molar-refractivity contribution is -0.0189. The van der Waals surface area contributed by atoms with Gasteiger partial charge in [0.05, 0.1) is 18.3 Å². The molecule has 2 aromatic carbocycles. The van der Waals surface area contributed by atoms with Crippen LogP contribution in [0, 0.1) is 17.5 Å².